The zero-order valence-corrected chi connectivity index (χ0v) is 15.7. The van der Waals surface area contributed by atoms with E-state index in [1.165, 1.54) is 34.1 Å². The van der Waals surface area contributed by atoms with E-state index in [4.69, 9.17) is 0 Å². The maximum atomic E-state index is 2.47. The van der Waals surface area contributed by atoms with Gasteiger partial charge in [0.2, 0.25) is 0 Å². The van der Waals surface area contributed by atoms with E-state index >= 15 is 0 Å². The van der Waals surface area contributed by atoms with Crippen molar-refractivity contribution < 1.29 is 0 Å². The van der Waals surface area contributed by atoms with E-state index in [2.05, 4.69) is 98.8 Å². The van der Waals surface area contributed by atoms with Gasteiger partial charge in [0.15, 0.2) is 0 Å². The maximum absolute atomic E-state index is 2.47. The molecule has 3 aromatic carbocycles. The third-order valence-corrected chi connectivity index (χ3v) is 10.0. The van der Waals surface area contributed by atoms with E-state index < -0.39 is 7.26 Å². The predicted octanol–water partition coefficient (Wildman–Crippen LogP) is 4.69. The zero-order valence-electron chi connectivity index (χ0n) is 14.7. The van der Waals surface area contributed by atoms with Crippen LogP contribution in [-0.2, 0) is 6.42 Å². The molecule has 124 valence electrons. The monoisotopic (exact) mass is 334 g/mol. The Morgan fingerprint density at radius 1 is 0.625 bits per heavy atom. The average molecular weight is 334 g/mol. The van der Waals surface area contributed by atoms with Crippen molar-refractivity contribution in [3.05, 3.63) is 90.5 Å². The van der Waals surface area contributed by atoms with Crippen LogP contribution in [0.15, 0.2) is 84.9 Å². The first-order chi connectivity index (χ1) is 11.8. The van der Waals surface area contributed by atoms with Gasteiger partial charge in [0, 0.05) is 0 Å². The fourth-order valence-electron chi connectivity index (χ4n) is 3.84. The van der Waals surface area contributed by atoms with E-state index in [1.807, 2.05) is 0 Å². The summed E-state index contributed by atoms with van der Waals surface area (Å²) in [6.45, 7) is 4.62. The molecule has 0 atom stereocenters. The molecule has 0 nitrogen and oxygen atoms in total. The Morgan fingerprint density at radius 2 is 1.17 bits per heavy atom. The quantitative estimate of drug-likeness (QED) is 0.574. The van der Waals surface area contributed by atoms with Gasteiger partial charge in [-0.3, -0.25) is 0 Å². The second-order valence-corrected chi connectivity index (χ2v) is 10.7. The van der Waals surface area contributed by atoms with Gasteiger partial charge in [-0.15, -0.1) is 0 Å². The summed E-state index contributed by atoms with van der Waals surface area (Å²) in [6.07, 6.45) is 3.53. The van der Waals surface area contributed by atoms with E-state index in [9.17, 15) is 0 Å². The van der Waals surface area contributed by atoms with Crippen molar-refractivity contribution >= 4 is 23.2 Å². The first-order valence-corrected chi connectivity index (χ1v) is 11.2. The van der Waals surface area contributed by atoms with Crippen LogP contribution >= 0.6 is 7.26 Å². The summed E-state index contributed by atoms with van der Waals surface area (Å²) in [4.78, 5) is 0. The molecule has 0 heterocycles. The van der Waals surface area contributed by atoms with Crippen molar-refractivity contribution in [2.75, 3.05) is 6.16 Å². The molecule has 0 aliphatic rings. The number of hydrogen-bond donors (Lipinski definition) is 0. The van der Waals surface area contributed by atoms with E-state index in [0.717, 1.165) is 6.42 Å². The van der Waals surface area contributed by atoms with Gasteiger partial charge in [0.1, 0.15) is 0 Å². The summed E-state index contributed by atoms with van der Waals surface area (Å²) in [5, 5.41) is 4.55. The second kappa shape index (κ2) is 7.77. The molecule has 3 rings (SSSR count). The van der Waals surface area contributed by atoms with Gasteiger partial charge in [-0.05, 0) is 0 Å². The summed E-state index contributed by atoms with van der Waals surface area (Å²) >= 11 is 0. The standard InChI is InChI=1S/C23H27P/c1-3-12-20-13-11-18-23(19-20)24(4-2,21-14-7-5-8-15-21)22-16-9-6-10-17-22/h5-11,13-19,24H,3-4,12H2,1-2H3. The number of rotatable bonds is 6. The molecule has 0 aromatic heterocycles. The third-order valence-electron chi connectivity index (χ3n) is 5.02. The van der Waals surface area contributed by atoms with Crippen molar-refractivity contribution in [3.8, 4) is 0 Å². The number of hydrogen-bond acceptors (Lipinski definition) is 0. The third kappa shape index (κ3) is 3.17. The van der Waals surface area contributed by atoms with Crippen LogP contribution in [0.1, 0.15) is 25.8 Å². The van der Waals surface area contributed by atoms with Crippen LogP contribution in [0.25, 0.3) is 0 Å². The first kappa shape index (κ1) is 16.9. The molecule has 0 fully saturated rings. The van der Waals surface area contributed by atoms with Crippen LogP contribution in [0.2, 0.25) is 0 Å². The van der Waals surface area contributed by atoms with Crippen LogP contribution in [0, 0.1) is 0 Å². The average Bonchev–Trinajstić information content (AvgIpc) is 2.65. The van der Waals surface area contributed by atoms with Gasteiger partial charge in [0.05, 0.1) is 0 Å². The molecule has 0 aliphatic carbocycles. The number of aryl methyl sites for hydroxylation is 1. The fourth-order valence-corrected chi connectivity index (χ4v) is 8.40. The molecule has 0 radical (unpaired) electrons. The molecule has 0 bridgehead atoms. The molecule has 0 amide bonds. The van der Waals surface area contributed by atoms with Gasteiger partial charge in [-0.1, -0.05) is 0 Å². The van der Waals surface area contributed by atoms with Crippen LogP contribution in [0.5, 0.6) is 0 Å². The summed E-state index contributed by atoms with van der Waals surface area (Å²) in [7, 11) is -1.96. The minimum atomic E-state index is -1.96. The van der Waals surface area contributed by atoms with Gasteiger partial charge in [0.25, 0.3) is 0 Å². The molecule has 3 aromatic rings. The molecular formula is C23H27P. The van der Waals surface area contributed by atoms with Crippen molar-refractivity contribution in [2.24, 2.45) is 0 Å². The molecule has 0 aliphatic heterocycles. The Bertz CT molecular complexity index is 723. The summed E-state index contributed by atoms with van der Waals surface area (Å²) < 4.78 is 0. The molecule has 0 saturated carbocycles. The van der Waals surface area contributed by atoms with Gasteiger partial charge >= 0.3 is 147 Å². The Morgan fingerprint density at radius 3 is 1.67 bits per heavy atom. The van der Waals surface area contributed by atoms with Crippen LogP contribution in [-0.4, -0.2) is 6.16 Å². The molecular weight excluding hydrogens is 307 g/mol. The Hall–Kier alpha value is -1.91. The van der Waals surface area contributed by atoms with Gasteiger partial charge < -0.3 is 0 Å². The van der Waals surface area contributed by atoms with Crippen LogP contribution < -0.4 is 15.9 Å². The molecule has 0 spiro atoms. The van der Waals surface area contributed by atoms with Crippen molar-refractivity contribution in [1.29, 1.82) is 0 Å². The number of benzene rings is 3. The van der Waals surface area contributed by atoms with Crippen molar-refractivity contribution in [2.45, 2.75) is 26.7 Å². The zero-order chi connectivity index (χ0) is 16.8. The summed E-state index contributed by atoms with van der Waals surface area (Å²) in [6, 6.07) is 31.7. The molecule has 0 N–H and O–H groups in total. The first-order valence-electron chi connectivity index (χ1n) is 9.01. The Balaban J connectivity index is 2.24. The molecule has 0 saturated heterocycles. The van der Waals surface area contributed by atoms with Crippen LogP contribution in [0.3, 0.4) is 0 Å². The summed E-state index contributed by atoms with van der Waals surface area (Å²) in [5.41, 5.74) is 1.46. The van der Waals surface area contributed by atoms with E-state index in [-0.39, 0.29) is 0 Å². The molecule has 24 heavy (non-hydrogen) atoms. The topological polar surface area (TPSA) is 0 Å². The van der Waals surface area contributed by atoms with Crippen molar-refractivity contribution in [3.63, 3.8) is 0 Å². The Kier molecular flexibility index (Phi) is 5.48. The van der Waals surface area contributed by atoms with E-state index in [1.54, 1.807) is 0 Å². The normalized spacial score (nSPS) is 12.1. The van der Waals surface area contributed by atoms with Crippen LogP contribution in [0.4, 0.5) is 0 Å². The predicted molar refractivity (Wildman–Crippen MR) is 111 cm³/mol. The Labute approximate surface area is 146 Å². The van der Waals surface area contributed by atoms with Gasteiger partial charge in [-0.2, -0.15) is 0 Å². The van der Waals surface area contributed by atoms with E-state index in [0.29, 0.717) is 0 Å². The summed E-state index contributed by atoms with van der Waals surface area (Å²) in [5.74, 6) is 0. The minimum absolute atomic E-state index is 1.16. The fraction of sp³-hybridized carbons (Fsp3) is 0.217. The van der Waals surface area contributed by atoms with Gasteiger partial charge in [-0.25, -0.2) is 0 Å². The van der Waals surface area contributed by atoms with Crippen molar-refractivity contribution in [1.82, 2.24) is 0 Å². The molecule has 0 unspecified atom stereocenters. The SMILES string of the molecule is CCCc1cccc([PH](CC)(c2ccccc2)c2ccccc2)c1. The molecule has 1 heteroatoms. The second-order valence-electron chi connectivity index (χ2n) is 6.44.